The number of nitrogens with zero attached hydrogens (tertiary/aromatic N) is 6. The van der Waals surface area contributed by atoms with Gasteiger partial charge < -0.3 is 26.0 Å². The van der Waals surface area contributed by atoms with Crippen molar-refractivity contribution >= 4 is 17.1 Å². The van der Waals surface area contributed by atoms with Gasteiger partial charge in [-0.15, -0.1) is 10.2 Å². The first kappa shape index (κ1) is 26.3. The van der Waals surface area contributed by atoms with Gasteiger partial charge in [0.15, 0.2) is 11.6 Å². The monoisotopic (exact) mass is 552 g/mol. The number of likely N-dealkylation sites (tertiary alicyclic amines) is 1. The minimum Gasteiger partial charge on any atom is -0.507 e. The van der Waals surface area contributed by atoms with Crippen LogP contribution in [0, 0.1) is 11.8 Å². The van der Waals surface area contributed by atoms with Crippen molar-refractivity contribution in [3.63, 3.8) is 0 Å². The van der Waals surface area contributed by atoms with E-state index in [1.807, 2.05) is 18.2 Å². The standard InChI is InChI=1S/C32H40N8O/c33-31-29(16-28(37-38-31)27-3-1-2-4-30(27)41)40-19-21-13-22(20-40)15-24(14-21)32-35-17-25(18-36-32)23-7-11-39(12-8-23)26-5-9-34-10-6-26/h1-4,14,16-18,21-23,26,34,41H,5-13,15,19-20H2,(H2,33,38). The highest BCUT2D eigenvalue weighted by atomic mass is 16.3. The van der Waals surface area contributed by atoms with Gasteiger partial charge in [-0.25, -0.2) is 9.97 Å². The number of hydrogen-bond acceptors (Lipinski definition) is 9. The van der Waals surface area contributed by atoms with Crippen LogP contribution in [0.15, 0.2) is 48.8 Å². The molecule has 0 spiro atoms. The summed E-state index contributed by atoms with van der Waals surface area (Å²) in [5.74, 6) is 2.97. The Morgan fingerprint density at radius 3 is 2.49 bits per heavy atom. The fourth-order valence-corrected chi connectivity index (χ4v) is 7.49. The van der Waals surface area contributed by atoms with Gasteiger partial charge in [-0.05, 0) is 112 Å². The number of rotatable bonds is 5. The Hall–Kier alpha value is -3.56. The number of para-hydroxylation sites is 1. The molecule has 214 valence electrons. The summed E-state index contributed by atoms with van der Waals surface area (Å²) < 4.78 is 0. The number of nitrogens with two attached hydrogens (primary N) is 1. The first-order valence-electron chi connectivity index (χ1n) is 15.2. The van der Waals surface area contributed by atoms with Gasteiger partial charge in [-0.2, -0.15) is 0 Å². The molecular formula is C32H40N8O. The summed E-state index contributed by atoms with van der Waals surface area (Å²) in [6, 6.07) is 9.92. The fraction of sp³-hybridized carbons (Fsp3) is 0.500. The number of nitrogen functional groups attached to an aromatic ring is 1. The second kappa shape index (κ2) is 11.4. The molecule has 0 radical (unpaired) electrons. The quantitative estimate of drug-likeness (QED) is 0.430. The Morgan fingerprint density at radius 1 is 0.951 bits per heavy atom. The van der Waals surface area contributed by atoms with Crippen molar-refractivity contribution in [1.29, 1.82) is 0 Å². The number of anilines is 2. The third-order valence-electron chi connectivity index (χ3n) is 9.62. The van der Waals surface area contributed by atoms with Crippen LogP contribution in [0.5, 0.6) is 5.75 Å². The highest BCUT2D eigenvalue weighted by Crippen LogP contribution is 2.40. The average Bonchev–Trinajstić information content (AvgIpc) is 3.02. The van der Waals surface area contributed by atoms with Crippen LogP contribution < -0.4 is 16.0 Å². The molecule has 2 aromatic heterocycles. The lowest BCUT2D eigenvalue weighted by molar-refractivity contribution is 0.127. The molecule has 2 bridgehead atoms. The number of aromatic nitrogens is 4. The number of hydrogen-bond donors (Lipinski definition) is 3. The van der Waals surface area contributed by atoms with E-state index in [4.69, 9.17) is 15.7 Å². The van der Waals surface area contributed by atoms with E-state index in [2.05, 4.69) is 43.8 Å². The summed E-state index contributed by atoms with van der Waals surface area (Å²) in [6.45, 7) is 6.46. The van der Waals surface area contributed by atoms with Gasteiger partial charge in [0.25, 0.3) is 0 Å². The maximum absolute atomic E-state index is 10.3. The Morgan fingerprint density at radius 2 is 1.73 bits per heavy atom. The molecule has 9 nitrogen and oxygen atoms in total. The number of piperidine rings is 3. The first-order chi connectivity index (χ1) is 20.1. The first-order valence-corrected chi connectivity index (χ1v) is 15.2. The van der Waals surface area contributed by atoms with Crippen LogP contribution in [0.4, 0.5) is 11.5 Å². The topological polar surface area (TPSA) is 116 Å². The minimum absolute atomic E-state index is 0.189. The van der Waals surface area contributed by atoms with Gasteiger partial charge in [-0.3, -0.25) is 0 Å². The molecule has 1 aliphatic carbocycles. The summed E-state index contributed by atoms with van der Waals surface area (Å²) in [7, 11) is 0. The molecule has 9 heteroatoms. The second-order valence-corrected chi connectivity index (χ2v) is 12.3. The van der Waals surface area contributed by atoms with Gasteiger partial charge >= 0.3 is 0 Å². The molecule has 3 saturated heterocycles. The third-order valence-corrected chi connectivity index (χ3v) is 9.62. The van der Waals surface area contributed by atoms with Gasteiger partial charge in [0.05, 0.1) is 11.4 Å². The summed E-state index contributed by atoms with van der Waals surface area (Å²) in [5.41, 5.74) is 11.0. The summed E-state index contributed by atoms with van der Waals surface area (Å²) in [6.07, 6.45) is 13.7. The predicted octanol–water partition coefficient (Wildman–Crippen LogP) is 4.08. The van der Waals surface area contributed by atoms with Crippen LogP contribution in [-0.2, 0) is 0 Å². The van der Waals surface area contributed by atoms with Crippen molar-refractivity contribution in [3.05, 3.63) is 60.2 Å². The van der Waals surface area contributed by atoms with E-state index in [1.54, 1.807) is 12.1 Å². The zero-order valence-electron chi connectivity index (χ0n) is 23.6. The van der Waals surface area contributed by atoms with E-state index >= 15 is 0 Å². The van der Waals surface area contributed by atoms with E-state index in [0.717, 1.165) is 50.2 Å². The molecule has 3 fully saturated rings. The molecule has 0 amide bonds. The smallest absolute Gasteiger partial charge is 0.169 e. The molecule has 3 aliphatic heterocycles. The van der Waals surface area contributed by atoms with E-state index in [-0.39, 0.29) is 5.75 Å². The molecule has 7 rings (SSSR count). The average molecular weight is 553 g/mol. The van der Waals surface area contributed by atoms with Crippen molar-refractivity contribution in [2.45, 2.75) is 50.5 Å². The summed E-state index contributed by atoms with van der Waals surface area (Å²) >= 11 is 0. The van der Waals surface area contributed by atoms with Crippen molar-refractivity contribution in [1.82, 2.24) is 30.4 Å². The van der Waals surface area contributed by atoms with Crippen LogP contribution >= 0.6 is 0 Å². The van der Waals surface area contributed by atoms with Gasteiger partial charge in [-0.1, -0.05) is 18.2 Å². The van der Waals surface area contributed by atoms with Crippen molar-refractivity contribution in [3.8, 4) is 17.0 Å². The highest BCUT2D eigenvalue weighted by Gasteiger charge is 2.33. The zero-order valence-corrected chi connectivity index (χ0v) is 23.6. The highest BCUT2D eigenvalue weighted by molar-refractivity contribution is 5.74. The maximum atomic E-state index is 10.3. The molecule has 4 N–H and O–H groups in total. The molecule has 4 aliphatic rings. The fourth-order valence-electron chi connectivity index (χ4n) is 7.49. The second-order valence-electron chi connectivity index (χ2n) is 12.3. The van der Waals surface area contributed by atoms with Crippen LogP contribution in [-0.4, -0.2) is 75.5 Å². The Bertz CT molecular complexity index is 1400. The Kier molecular flexibility index (Phi) is 7.31. The number of phenolic OH excluding ortho intramolecular Hbond substituents is 1. The van der Waals surface area contributed by atoms with Crippen molar-refractivity contribution in [2.24, 2.45) is 11.8 Å². The van der Waals surface area contributed by atoms with E-state index in [0.29, 0.717) is 34.8 Å². The van der Waals surface area contributed by atoms with Crippen molar-refractivity contribution in [2.75, 3.05) is 49.9 Å². The largest absolute Gasteiger partial charge is 0.507 e. The van der Waals surface area contributed by atoms with E-state index in [9.17, 15) is 5.11 Å². The van der Waals surface area contributed by atoms with Crippen LogP contribution in [0.25, 0.3) is 16.8 Å². The Labute approximate surface area is 241 Å². The van der Waals surface area contributed by atoms with Crippen LogP contribution in [0.3, 0.4) is 0 Å². The number of aromatic hydroxyl groups is 1. The number of nitrogens with one attached hydrogen (secondary N) is 1. The molecule has 5 heterocycles. The zero-order chi connectivity index (χ0) is 27.8. The summed E-state index contributed by atoms with van der Waals surface area (Å²) in [5, 5.41) is 22.3. The lowest BCUT2D eigenvalue weighted by Gasteiger charge is -2.41. The van der Waals surface area contributed by atoms with Crippen molar-refractivity contribution < 1.29 is 5.11 Å². The number of allylic oxidation sites excluding steroid dienone is 1. The Balaban J connectivity index is 1.01. The molecule has 2 atom stereocenters. The molecule has 1 aromatic carbocycles. The molecular weight excluding hydrogens is 512 g/mol. The minimum atomic E-state index is 0.189. The molecule has 3 aromatic rings. The van der Waals surface area contributed by atoms with Gasteiger partial charge in [0, 0.05) is 37.1 Å². The molecule has 2 unspecified atom stereocenters. The molecule has 0 saturated carbocycles. The maximum Gasteiger partial charge on any atom is 0.169 e. The van der Waals surface area contributed by atoms with Crippen LogP contribution in [0.1, 0.15) is 55.8 Å². The number of benzene rings is 1. The number of fused-ring (bicyclic) bond motifs is 2. The molecule has 41 heavy (non-hydrogen) atoms. The lowest BCUT2D eigenvalue weighted by Crippen LogP contribution is -2.46. The lowest BCUT2D eigenvalue weighted by atomic mass is 9.78. The predicted molar refractivity (Wildman–Crippen MR) is 161 cm³/mol. The van der Waals surface area contributed by atoms with E-state index < -0.39 is 0 Å². The number of phenols is 1. The van der Waals surface area contributed by atoms with Gasteiger partial charge in [0.1, 0.15) is 5.75 Å². The van der Waals surface area contributed by atoms with Gasteiger partial charge in [0.2, 0.25) is 0 Å². The third kappa shape index (κ3) is 5.53. The van der Waals surface area contributed by atoms with Crippen LogP contribution in [0.2, 0.25) is 0 Å². The summed E-state index contributed by atoms with van der Waals surface area (Å²) in [4.78, 5) is 14.8. The SMILES string of the molecule is Nc1nnc(-c2ccccc2O)cc1N1CC2C=C(c3ncc(C4CCN(C5CCNCC5)CC4)cn3)CC(C2)C1. The van der Waals surface area contributed by atoms with E-state index in [1.165, 1.54) is 56.3 Å². The normalized spacial score (nSPS) is 24.3.